The van der Waals surface area contributed by atoms with Crippen molar-refractivity contribution in [2.45, 2.75) is 59.6 Å². The molecular formula is C39H38Cl4Zr. The Bertz CT molecular complexity index is 1770. The number of hydrogen-bond donors (Lipinski definition) is 0. The van der Waals surface area contributed by atoms with E-state index >= 15 is 0 Å². The Balaban J connectivity index is 1.84. The van der Waals surface area contributed by atoms with E-state index in [-0.39, 0.29) is 18.1 Å². The predicted molar refractivity (Wildman–Crippen MR) is 191 cm³/mol. The zero-order valence-corrected chi connectivity index (χ0v) is 31.5. The van der Waals surface area contributed by atoms with Gasteiger partial charge in [-0.25, -0.2) is 0 Å². The third kappa shape index (κ3) is 5.40. The van der Waals surface area contributed by atoms with Gasteiger partial charge in [-0.15, -0.1) is 0 Å². The molecule has 0 heterocycles. The molecule has 0 fully saturated rings. The van der Waals surface area contributed by atoms with Gasteiger partial charge in [-0.3, -0.25) is 0 Å². The summed E-state index contributed by atoms with van der Waals surface area (Å²) in [6.45, 7) is 13.6. The van der Waals surface area contributed by atoms with Crippen molar-refractivity contribution in [3.63, 3.8) is 0 Å². The van der Waals surface area contributed by atoms with Gasteiger partial charge in [0.1, 0.15) is 0 Å². The van der Waals surface area contributed by atoms with Crippen molar-refractivity contribution in [3.05, 3.63) is 153 Å². The molecule has 0 spiro atoms. The maximum absolute atomic E-state index is 8.68. The first-order valence-corrected chi connectivity index (χ1v) is 26.3. The van der Waals surface area contributed by atoms with Crippen molar-refractivity contribution in [3.8, 4) is 11.1 Å². The Hall–Kier alpha value is -1.73. The molecule has 0 unspecified atom stereocenters. The summed E-state index contributed by atoms with van der Waals surface area (Å²) >= 11 is 7.43. The number of fused-ring (bicyclic) bond motifs is 3. The van der Waals surface area contributed by atoms with E-state index in [2.05, 4.69) is 127 Å². The molecule has 5 heteroatoms. The number of rotatable bonds is 4. The summed E-state index contributed by atoms with van der Waals surface area (Å²) in [6, 6.07) is 29.9. The van der Waals surface area contributed by atoms with Crippen LogP contribution < -0.4 is 0 Å². The van der Waals surface area contributed by atoms with Crippen molar-refractivity contribution in [1.82, 2.24) is 0 Å². The number of halogens is 4. The van der Waals surface area contributed by atoms with Gasteiger partial charge in [-0.05, 0) is 0 Å². The Morgan fingerprint density at radius 1 is 0.568 bits per heavy atom. The summed E-state index contributed by atoms with van der Waals surface area (Å²) in [5.41, 5.74) is 9.34. The van der Waals surface area contributed by atoms with E-state index in [0.29, 0.717) is 10.0 Å². The monoisotopic (exact) mass is 736 g/mol. The fourth-order valence-corrected chi connectivity index (χ4v) is 26.6. The molecule has 0 aliphatic heterocycles. The minimum atomic E-state index is -5.46. The zero-order valence-electron chi connectivity index (χ0n) is 26.1. The van der Waals surface area contributed by atoms with Crippen LogP contribution in [-0.2, 0) is 26.7 Å². The normalized spacial score (nSPS) is 15.5. The van der Waals surface area contributed by atoms with E-state index < -0.39 is 15.9 Å². The Morgan fingerprint density at radius 2 is 0.955 bits per heavy atom. The third-order valence-electron chi connectivity index (χ3n) is 9.38. The summed E-state index contributed by atoms with van der Waals surface area (Å²) < 4.78 is 0.685. The number of benzene rings is 4. The molecule has 226 valence electrons. The summed E-state index contributed by atoms with van der Waals surface area (Å²) in [6.07, 6.45) is 8.63. The van der Waals surface area contributed by atoms with E-state index in [0.717, 1.165) is 14.3 Å². The first-order chi connectivity index (χ1) is 20.6. The van der Waals surface area contributed by atoms with E-state index in [1.165, 1.54) is 33.4 Å². The number of allylic oxidation sites excluding steroid dienone is 4. The summed E-state index contributed by atoms with van der Waals surface area (Å²) in [4.78, 5) is 0. The van der Waals surface area contributed by atoms with Crippen LogP contribution in [0.2, 0.25) is 13.7 Å². The van der Waals surface area contributed by atoms with Crippen LogP contribution in [0, 0.1) is 0 Å². The van der Waals surface area contributed by atoms with Crippen LogP contribution >= 0.6 is 40.2 Å². The van der Waals surface area contributed by atoms with Gasteiger partial charge in [0.15, 0.2) is 0 Å². The fraction of sp³-hybridized carbons (Fsp3) is 0.256. The van der Waals surface area contributed by atoms with Crippen LogP contribution in [0.3, 0.4) is 0 Å². The summed E-state index contributed by atoms with van der Waals surface area (Å²) in [7, 11) is 17.4. The minimum absolute atomic E-state index is 0.0408. The molecule has 2 aliphatic carbocycles. The second kappa shape index (κ2) is 11.2. The van der Waals surface area contributed by atoms with Crippen LogP contribution in [-0.4, -0.2) is 3.21 Å². The van der Waals surface area contributed by atoms with Gasteiger partial charge >= 0.3 is 283 Å². The van der Waals surface area contributed by atoms with E-state index in [4.69, 9.17) is 40.2 Å². The Labute approximate surface area is 280 Å². The fourth-order valence-electron chi connectivity index (χ4n) is 7.00. The van der Waals surface area contributed by atoms with Crippen LogP contribution in [0.25, 0.3) is 11.1 Å². The first kappa shape index (κ1) is 32.2. The molecule has 4 aromatic rings. The summed E-state index contributed by atoms with van der Waals surface area (Å²) in [5.74, 6) is 0. The quantitative estimate of drug-likeness (QED) is 0.196. The molecule has 2 aliphatic rings. The van der Waals surface area contributed by atoms with E-state index in [9.17, 15) is 0 Å². The van der Waals surface area contributed by atoms with Gasteiger partial charge in [0, 0.05) is 0 Å². The first-order valence-electron chi connectivity index (χ1n) is 15.2. The molecule has 0 amide bonds. The van der Waals surface area contributed by atoms with Gasteiger partial charge in [-0.2, -0.15) is 0 Å². The van der Waals surface area contributed by atoms with Crippen molar-refractivity contribution in [2.24, 2.45) is 0 Å². The SMILES string of the molecule is CC(C)(C)c1ccc2c(c1)[CH]([Zr]([Cl])([Cl])(=[C](c1ccc(Cl)cc1)c1ccc(Cl)cc1)[CH]1C=CC=C1)c1cc(C(C)(C)C)ccc1-2. The molecule has 4 aromatic carbocycles. The van der Waals surface area contributed by atoms with Gasteiger partial charge in [0.2, 0.25) is 0 Å². The maximum atomic E-state index is 8.68. The molecule has 0 bridgehead atoms. The topological polar surface area (TPSA) is 0 Å². The molecule has 44 heavy (non-hydrogen) atoms. The average molecular weight is 740 g/mol. The molecule has 0 saturated carbocycles. The predicted octanol–water partition coefficient (Wildman–Crippen LogP) is 12.8. The van der Waals surface area contributed by atoms with E-state index in [1.54, 1.807) is 0 Å². The molecule has 0 N–H and O–H groups in total. The van der Waals surface area contributed by atoms with Crippen LogP contribution in [0.4, 0.5) is 0 Å². The molecular weight excluding hydrogens is 701 g/mol. The Morgan fingerprint density at radius 3 is 1.32 bits per heavy atom. The molecule has 0 saturated heterocycles. The van der Waals surface area contributed by atoms with Gasteiger partial charge in [0.05, 0.1) is 0 Å². The van der Waals surface area contributed by atoms with Crippen LogP contribution in [0.15, 0.2) is 109 Å². The number of hydrogen-bond acceptors (Lipinski definition) is 0. The van der Waals surface area contributed by atoms with Crippen molar-refractivity contribution >= 4 is 43.4 Å². The zero-order chi connectivity index (χ0) is 31.7. The van der Waals surface area contributed by atoms with E-state index in [1.807, 2.05) is 24.3 Å². The van der Waals surface area contributed by atoms with Gasteiger partial charge in [0.25, 0.3) is 0 Å². The molecule has 0 aromatic heterocycles. The molecule has 6 rings (SSSR count). The van der Waals surface area contributed by atoms with Gasteiger partial charge in [-0.1, -0.05) is 0 Å². The van der Waals surface area contributed by atoms with Crippen molar-refractivity contribution in [1.29, 1.82) is 0 Å². The molecule has 0 radical (unpaired) electrons. The van der Waals surface area contributed by atoms with Crippen molar-refractivity contribution in [2.75, 3.05) is 0 Å². The van der Waals surface area contributed by atoms with Crippen LogP contribution in [0.5, 0.6) is 0 Å². The van der Waals surface area contributed by atoms with Crippen molar-refractivity contribution < 1.29 is 15.9 Å². The molecule has 0 nitrogen and oxygen atoms in total. The standard InChI is InChI=1S/C21H25.C13H8Cl2.C5H5.2ClH.Zr/c1-20(2,3)16-7-9-18-14(12-16)11-15-13-17(21(4,5)6)8-10-19(15)18;14-12-5-1-10(2-6-12)9-11-3-7-13(15)8-4-11;1-2-4-5-3-1;;;/h7-13H,1-6H3;1-8H;1-5H;2*1H;/q;;;;;+2/p-2. The molecule has 0 atom stereocenters. The second-order valence-electron chi connectivity index (χ2n) is 14.4. The second-order valence-corrected chi connectivity index (χ2v) is 36.0. The third-order valence-corrected chi connectivity index (χ3v) is 29.5. The average Bonchev–Trinajstić information content (AvgIpc) is 3.62. The Kier molecular flexibility index (Phi) is 8.21. The van der Waals surface area contributed by atoms with Gasteiger partial charge < -0.3 is 0 Å². The summed E-state index contributed by atoms with van der Waals surface area (Å²) in [5, 5.41) is 1.34. The van der Waals surface area contributed by atoms with Crippen LogP contribution in [0.1, 0.15) is 78.5 Å².